The predicted octanol–water partition coefficient (Wildman–Crippen LogP) is 3.86. The first-order valence-corrected chi connectivity index (χ1v) is 9.05. The molecular weight excluding hydrogens is 336 g/mol. The topological polar surface area (TPSA) is 45.5 Å². The van der Waals surface area contributed by atoms with Crippen molar-refractivity contribution >= 4 is 29.3 Å². The first-order valence-electron chi connectivity index (χ1n) is 9.05. The third-order valence-corrected chi connectivity index (χ3v) is 5.33. The average molecular weight is 365 g/mol. The maximum absolute atomic E-state index is 12.7. The fourth-order valence-corrected chi connectivity index (χ4v) is 3.53. The number of hydrogen-bond acceptors (Lipinski definition) is 3. The molecule has 25 heavy (non-hydrogen) atoms. The number of benzene rings is 1. The summed E-state index contributed by atoms with van der Waals surface area (Å²) in [6, 6.07) is 4.18. The van der Waals surface area contributed by atoms with Crippen molar-refractivity contribution in [3.63, 3.8) is 0 Å². The molecular formula is C20H29ClN2O2. The minimum atomic E-state index is 0. The number of piperidine rings is 1. The second kappa shape index (κ2) is 8.72. The van der Waals surface area contributed by atoms with Crippen molar-refractivity contribution in [2.75, 3.05) is 26.2 Å². The number of furan rings is 1. The Morgan fingerprint density at radius 1 is 1.28 bits per heavy atom. The molecule has 0 atom stereocenters. The quantitative estimate of drug-likeness (QED) is 0.876. The zero-order valence-corrected chi connectivity index (χ0v) is 16.2. The van der Waals surface area contributed by atoms with Crippen molar-refractivity contribution in [1.82, 2.24) is 10.2 Å². The standard InChI is InChI=1S/C20H28N2O2.ClH/c1-4-21-12-16-7-9-22(10-8-16)19(23)11-17-13-24-20-15(3)14(2)5-6-18(17)20;/h5-6,13,16,21H,4,7-12H2,1-3H3;1H. The number of aryl methyl sites for hydroxylation is 2. The van der Waals surface area contributed by atoms with Crippen LogP contribution in [-0.2, 0) is 11.2 Å². The number of fused-ring (bicyclic) bond motifs is 1. The van der Waals surface area contributed by atoms with Gasteiger partial charge in [0, 0.05) is 24.0 Å². The summed E-state index contributed by atoms with van der Waals surface area (Å²) >= 11 is 0. The van der Waals surface area contributed by atoms with Crippen molar-refractivity contribution in [1.29, 1.82) is 0 Å². The summed E-state index contributed by atoms with van der Waals surface area (Å²) in [4.78, 5) is 14.7. The van der Waals surface area contributed by atoms with Crippen molar-refractivity contribution in [2.24, 2.45) is 5.92 Å². The molecule has 4 nitrogen and oxygen atoms in total. The first kappa shape index (κ1) is 19.8. The van der Waals surface area contributed by atoms with E-state index >= 15 is 0 Å². The molecule has 0 saturated carbocycles. The highest BCUT2D eigenvalue weighted by atomic mass is 35.5. The molecule has 2 aromatic rings. The molecule has 1 fully saturated rings. The molecule has 0 aliphatic carbocycles. The zero-order valence-electron chi connectivity index (χ0n) is 15.4. The van der Waals surface area contributed by atoms with E-state index in [1.165, 1.54) is 5.56 Å². The lowest BCUT2D eigenvalue weighted by atomic mass is 9.96. The van der Waals surface area contributed by atoms with E-state index in [0.717, 1.165) is 61.1 Å². The molecule has 1 aliphatic rings. The summed E-state index contributed by atoms with van der Waals surface area (Å²) in [5.74, 6) is 0.923. The number of carbonyl (C=O) groups is 1. The fraction of sp³-hybridized carbons (Fsp3) is 0.550. The molecule has 0 unspecified atom stereocenters. The van der Waals surface area contributed by atoms with Crippen molar-refractivity contribution < 1.29 is 9.21 Å². The van der Waals surface area contributed by atoms with Crippen LogP contribution in [0.1, 0.15) is 36.5 Å². The summed E-state index contributed by atoms with van der Waals surface area (Å²) in [6.07, 6.45) is 4.40. The third-order valence-electron chi connectivity index (χ3n) is 5.33. The van der Waals surface area contributed by atoms with Gasteiger partial charge < -0.3 is 14.6 Å². The van der Waals surface area contributed by atoms with Crippen LogP contribution in [0.2, 0.25) is 0 Å². The highest BCUT2D eigenvalue weighted by Gasteiger charge is 2.23. The molecule has 0 radical (unpaired) electrons. The predicted molar refractivity (Wildman–Crippen MR) is 104 cm³/mol. The van der Waals surface area contributed by atoms with Crippen LogP contribution >= 0.6 is 12.4 Å². The summed E-state index contributed by atoms with van der Waals surface area (Å²) in [5.41, 5.74) is 4.31. The lowest BCUT2D eigenvalue weighted by Crippen LogP contribution is -2.41. The van der Waals surface area contributed by atoms with E-state index in [9.17, 15) is 4.79 Å². The van der Waals surface area contributed by atoms with Gasteiger partial charge >= 0.3 is 0 Å². The van der Waals surface area contributed by atoms with Gasteiger partial charge in [-0.05, 0) is 56.8 Å². The second-order valence-corrected chi connectivity index (χ2v) is 6.95. The van der Waals surface area contributed by atoms with Crippen LogP contribution in [0.5, 0.6) is 0 Å². The molecule has 1 amide bonds. The summed E-state index contributed by atoms with van der Waals surface area (Å²) < 4.78 is 5.73. The van der Waals surface area contributed by atoms with Crippen LogP contribution < -0.4 is 5.32 Å². The molecule has 3 rings (SSSR count). The summed E-state index contributed by atoms with van der Waals surface area (Å²) in [5, 5.41) is 4.49. The van der Waals surface area contributed by atoms with E-state index in [2.05, 4.69) is 38.2 Å². The number of carbonyl (C=O) groups excluding carboxylic acids is 1. The van der Waals surface area contributed by atoms with Gasteiger partial charge in [-0.25, -0.2) is 0 Å². The smallest absolute Gasteiger partial charge is 0.227 e. The highest BCUT2D eigenvalue weighted by Crippen LogP contribution is 2.27. The zero-order chi connectivity index (χ0) is 17.1. The monoisotopic (exact) mass is 364 g/mol. The number of amides is 1. The molecule has 138 valence electrons. The van der Waals surface area contributed by atoms with Crippen LogP contribution in [0.3, 0.4) is 0 Å². The number of nitrogens with one attached hydrogen (secondary N) is 1. The van der Waals surface area contributed by atoms with Gasteiger partial charge in [0.2, 0.25) is 5.91 Å². The van der Waals surface area contributed by atoms with Crippen LogP contribution in [0, 0.1) is 19.8 Å². The lowest BCUT2D eigenvalue weighted by Gasteiger charge is -2.32. The average Bonchev–Trinajstić information content (AvgIpc) is 3.00. The van der Waals surface area contributed by atoms with Crippen LogP contribution in [-0.4, -0.2) is 37.0 Å². The number of rotatable bonds is 5. The minimum absolute atomic E-state index is 0. The van der Waals surface area contributed by atoms with Crippen molar-refractivity contribution in [2.45, 2.75) is 40.0 Å². The maximum atomic E-state index is 12.7. The van der Waals surface area contributed by atoms with Gasteiger partial charge in [-0.1, -0.05) is 19.1 Å². The largest absolute Gasteiger partial charge is 0.464 e. The number of nitrogens with zero attached hydrogens (tertiary/aromatic N) is 1. The van der Waals surface area contributed by atoms with E-state index < -0.39 is 0 Å². The van der Waals surface area contributed by atoms with Crippen molar-refractivity contribution in [3.8, 4) is 0 Å². The molecule has 1 saturated heterocycles. The van der Waals surface area contributed by atoms with Gasteiger partial charge in [-0.3, -0.25) is 4.79 Å². The molecule has 1 aromatic carbocycles. The molecule has 1 aliphatic heterocycles. The Kier molecular flexibility index (Phi) is 6.91. The van der Waals surface area contributed by atoms with Gasteiger partial charge in [-0.2, -0.15) is 0 Å². The Labute approximate surface area is 156 Å². The fourth-order valence-electron chi connectivity index (χ4n) is 3.53. The normalized spacial score (nSPS) is 15.4. The second-order valence-electron chi connectivity index (χ2n) is 6.95. The van der Waals surface area contributed by atoms with Gasteiger partial charge in [0.05, 0.1) is 12.7 Å². The molecule has 1 aromatic heterocycles. The van der Waals surface area contributed by atoms with E-state index in [0.29, 0.717) is 12.3 Å². The molecule has 0 spiro atoms. The molecule has 0 bridgehead atoms. The number of halogens is 1. The summed E-state index contributed by atoms with van der Waals surface area (Å²) in [7, 11) is 0. The van der Waals surface area contributed by atoms with Gasteiger partial charge in [0.1, 0.15) is 5.58 Å². The minimum Gasteiger partial charge on any atom is -0.464 e. The Morgan fingerprint density at radius 3 is 2.68 bits per heavy atom. The highest BCUT2D eigenvalue weighted by molar-refractivity contribution is 5.89. The summed E-state index contributed by atoms with van der Waals surface area (Å²) in [6.45, 7) is 10.1. The van der Waals surface area contributed by atoms with Crippen LogP contribution in [0.4, 0.5) is 0 Å². The molecule has 5 heteroatoms. The molecule has 2 heterocycles. The Bertz CT molecular complexity index is 718. The van der Waals surface area contributed by atoms with Crippen LogP contribution in [0.25, 0.3) is 11.0 Å². The Hall–Kier alpha value is -1.52. The van der Waals surface area contributed by atoms with Gasteiger partial charge in [0.25, 0.3) is 0 Å². The number of likely N-dealkylation sites (tertiary alicyclic amines) is 1. The Morgan fingerprint density at radius 2 is 2.00 bits per heavy atom. The van der Waals surface area contributed by atoms with E-state index in [1.807, 2.05) is 4.90 Å². The van der Waals surface area contributed by atoms with Crippen molar-refractivity contribution in [3.05, 3.63) is 35.1 Å². The van der Waals surface area contributed by atoms with E-state index in [4.69, 9.17) is 4.42 Å². The van der Waals surface area contributed by atoms with Gasteiger partial charge in [0.15, 0.2) is 0 Å². The maximum Gasteiger partial charge on any atom is 0.227 e. The van der Waals surface area contributed by atoms with Gasteiger partial charge in [-0.15, -0.1) is 12.4 Å². The third kappa shape index (κ3) is 4.36. The first-order chi connectivity index (χ1) is 11.6. The SMILES string of the molecule is CCNCC1CCN(C(=O)Cc2coc3c(C)c(C)ccc23)CC1.Cl. The van der Waals surface area contributed by atoms with E-state index in [1.54, 1.807) is 6.26 Å². The number of hydrogen-bond donors (Lipinski definition) is 1. The van der Waals surface area contributed by atoms with Crippen LogP contribution in [0.15, 0.2) is 22.8 Å². The molecule has 1 N–H and O–H groups in total. The lowest BCUT2D eigenvalue weighted by molar-refractivity contribution is -0.131. The van der Waals surface area contributed by atoms with E-state index in [-0.39, 0.29) is 18.3 Å². The Balaban J connectivity index is 0.00000225.